The van der Waals surface area contributed by atoms with Crippen molar-refractivity contribution in [3.63, 3.8) is 0 Å². The lowest BCUT2D eigenvalue weighted by Crippen LogP contribution is -2.29. The van der Waals surface area contributed by atoms with Gasteiger partial charge in [-0.05, 0) is 51.5 Å². The number of halogens is 1. The van der Waals surface area contributed by atoms with Crippen LogP contribution in [0.4, 0.5) is 4.39 Å². The van der Waals surface area contributed by atoms with E-state index in [2.05, 4.69) is 24.2 Å². The molecule has 1 aromatic rings. The van der Waals surface area contributed by atoms with Crippen molar-refractivity contribution in [2.45, 2.75) is 25.8 Å². The van der Waals surface area contributed by atoms with Gasteiger partial charge in [0, 0.05) is 11.6 Å². The molecule has 100 valence electrons. The van der Waals surface area contributed by atoms with Crippen LogP contribution >= 0.6 is 0 Å². The third-order valence-electron chi connectivity index (χ3n) is 3.83. The molecule has 0 aromatic heterocycles. The van der Waals surface area contributed by atoms with Crippen molar-refractivity contribution in [1.29, 1.82) is 0 Å². The molecule has 0 amide bonds. The molecule has 1 aliphatic rings. The van der Waals surface area contributed by atoms with E-state index >= 15 is 0 Å². The molecule has 3 heteroatoms. The molecule has 1 aromatic carbocycles. The van der Waals surface area contributed by atoms with Gasteiger partial charge in [0.05, 0.1) is 0 Å². The molecule has 0 radical (unpaired) electrons. The van der Waals surface area contributed by atoms with E-state index in [4.69, 9.17) is 0 Å². The normalized spacial score (nSPS) is 24.6. The Balaban J connectivity index is 2.10. The van der Waals surface area contributed by atoms with Crippen LogP contribution in [-0.4, -0.2) is 31.6 Å². The van der Waals surface area contributed by atoms with Crippen LogP contribution in [0.15, 0.2) is 24.3 Å². The van der Waals surface area contributed by atoms with E-state index < -0.39 is 0 Å². The number of hydrogen-bond acceptors (Lipinski definition) is 2. The molecule has 2 atom stereocenters. The van der Waals surface area contributed by atoms with Crippen molar-refractivity contribution in [3.05, 3.63) is 35.6 Å². The smallest absolute Gasteiger partial charge is 0.127 e. The highest BCUT2D eigenvalue weighted by Gasteiger charge is 2.33. The van der Waals surface area contributed by atoms with Gasteiger partial charge >= 0.3 is 0 Å². The molecule has 1 heterocycles. The summed E-state index contributed by atoms with van der Waals surface area (Å²) in [6.45, 7) is 5.25. The molecule has 0 aliphatic carbocycles. The maximum atomic E-state index is 13.9. The summed E-state index contributed by atoms with van der Waals surface area (Å²) in [5.74, 6) is 0.440. The number of rotatable bonds is 5. The van der Waals surface area contributed by atoms with Crippen LogP contribution < -0.4 is 5.32 Å². The first-order chi connectivity index (χ1) is 8.74. The quantitative estimate of drug-likeness (QED) is 0.808. The molecule has 1 saturated heterocycles. The van der Waals surface area contributed by atoms with Gasteiger partial charge in [0.2, 0.25) is 0 Å². The summed E-state index contributed by atoms with van der Waals surface area (Å²) in [7, 11) is 2.09. The van der Waals surface area contributed by atoms with Crippen LogP contribution in [0.2, 0.25) is 0 Å². The monoisotopic (exact) mass is 250 g/mol. The van der Waals surface area contributed by atoms with Crippen molar-refractivity contribution in [2.75, 3.05) is 26.7 Å². The van der Waals surface area contributed by atoms with E-state index in [9.17, 15) is 4.39 Å². The molecular weight excluding hydrogens is 227 g/mol. The van der Waals surface area contributed by atoms with Crippen molar-refractivity contribution in [1.82, 2.24) is 10.2 Å². The van der Waals surface area contributed by atoms with Crippen LogP contribution in [0, 0.1) is 11.7 Å². The molecule has 1 aliphatic heterocycles. The summed E-state index contributed by atoms with van der Waals surface area (Å²) in [6, 6.07) is 7.40. The highest BCUT2D eigenvalue weighted by atomic mass is 19.1. The highest BCUT2D eigenvalue weighted by molar-refractivity contribution is 5.23. The minimum absolute atomic E-state index is 0.0725. The average Bonchev–Trinajstić information content (AvgIpc) is 2.72. The first kappa shape index (κ1) is 13.5. The standard InChI is InChI=1S/C15H23FN2/c1-3-9-17-11-12-8-10-18(2)15(12)13-6-4-5-7-14(13)16/h4-7,12,15,17H,3,8-11H2,1-2H3. The third-order valence-corrected chi connectivity index (χ3v) is 3.83. The Morgan fingerprint density at radius 1 is 1.39 bits per heavy atom. The first-order valence-corrected chi connectivity index (χ1v) is 6.89. The van der Waals surface area contributed by atoms with Crippen molar-refractivity contribution < 1.29 is 4.39 Å². The summed E-state index contributed by atoms with van der Waals surface area (Å²) in [5.41, 5.74) is 0.848. The summed E-state index contributed by atoms with van der Waals surface area (Å²) in [4.78, 5) is 2.27. The Labute approximate surface area is 109 Å². The fourth-order valence-corrected chi connectivity index (χ4v) is 2.91. The van der Waals surface area contributed by atoms with Gasteiger partial charge < -0.3 is 5.32 Å². The highest BCUT2D eigenvalue weighted by Crippen LogP contribution is 2.36. The average molecular weight is 250 g/mol. The molecule has 0 saturated carbocycles. The second-order valence-electron chi connectivity index (χ2n) is 5.20. The summed E-state index contributed by atoms with van der Waals surface area (Å²) >= 11 is 0. The molecule has 2 nitrogen and oxygen atoms in total. The Morgan fingerprint density at radius 3 is 2.89 bits per heavy atom. The second-order valence-corrected chi connectivity index (χ2v) is 5.20. The fraction of sp³-hybridized carbons (Fsp3) is 0.600. The zero-order valence-electron chi connectivity index (χ0n) is 11.3. The number of nitrogens with one attached hydrogen (secondary N) is 1. The first-order valence-electron chi connectivity index (χ1n) is 6.89. The van der Waals surface area contributed by atoms with Crippen molar-refractivity contribution in [2.24, 2.45) is 5.92 Å². The van der Waals surface area contributed by atoms with Gasteiger partial charge in [-0.15, -0.1) is 0 Å². The molecule has 18 heavy (non-hydrogen) atoms. The molecule has 2 unspecified atom stereocenters. The number of likely N-dealkylation sites (tertiary alicyclic amines) is 1. The van der Waals surface area contributed by atoms with Gasteiger partial charge in [-0.1, -0.05) is 25.1 Å². The van der Waals surface area contributed by atoms with Gasteiger partial charge in [0.1, 0.15) is 5.82 Å². The Hall–Kier alpha value is -0.930. The Bertz CT molecular complexity index is 381. The number of benzene rings is 1. The fourth-order valence-electron chi connectivity index (χ4n) is 2.91. The number of nitrogens with zero attached hydrogens (tertiary/aromatic N) is 1. The van der Waals surface area contributed by atoms with Crippen LogP contribution in [0.1, 0.15) is 31.4 Å². The van der Waals surface area contributed by atoms with Crippen LogP contribution in [0.5, 0.6) is 0 Å². The lowest BCUT2D eigenvalue weighted by Gasteiger charge is -2.26. The van der Waals surface area contributed by atoms with Gasteiger partial charge in [-0.25, -0.2) is 4.39 Å². The van der Waals surface area contributed by atoms with E-state index in [1.54, 1.807) is 12.1 Å². The molecular formula is C15H23FN2. The molecule has 0 spiro atoms. The largest absolute Gasteiger partial charge is 0.316 e. The topological polar surface area (TPSA) is 15.3 Å². The van der Waals surface area contributed by atoms with Crippen LogP contribution in [-0.2, 0) is 0 Å². The Morgan fingerprint density at radius 2 is 2.17 bits per heavy atom. The summed E-state index contributed by atoms with van der Waals surface area (Å²) in [6.07, 6.45) is 2.29. The minimum Gasteiger partial charge on any atom is -0.316 e. The second kappa shape index (κ2) is 6.30. The van der Waals surface area contributed by atoms with Crippen LogP contribution in [0.25, 0.3) is 0 Å². The SMILES string of the molecule is CCCNCC1CCN(C)C1c1ccccc1F. The summed E-state index contributed by atoms with van der Waals surface area (Å²) < 4.78 is 13.9. The van der Waals surface area contributed by atoms with Gasteiger partial charge in [0.25, 0.3) is 0 Å². The van der Waals surface area contributed by atoms with E-state index in [1.165, 1.54) is 0 Å². The predicted octanol–water partition coefficient (Wildman–Crippen LogP) is 2.82. The lowest BCUT2D eigenvalue weighted by molar-refractivity contribution is 0.265. The third kappa shape index (κ3) is 2.90. The lowest BCUT2D eigenvalue weighted by atomic mass is 9.93. The maximum Gasteiger partial charge on any atom is 0.127 e. The number of hydrogen-bond donors (Lipinski definition) is 1. The zero-order chi connectivity index (χ0) is 13.0. The Kier molecular flexibility index (Phi) is 4.72. The van der Waals surface area contributed by atoms with Gasteiger partial charge in [-0.3, -0.25) is 4.90 Å². The molecule has 2 rings (SSSR count). The molecule has 1 fully saturated rings. The summed E-state index contributed by atoms with van der Waals surface area (Å²) in [5, 5.41) is 3.47. The van der Waals surface area contributed by atoms with Gasteiger partial charge in [-0.2, -0.15) is 0 Å². The maximum absolute atomic E-state index is 13.9. The van der Waals surface area contributed by atoms with E-state index in [-0.39, 0.29) is 11.9 Å². The van der Waals surface area contributed by atoms with Crippen molar-refractivity contribution in [3.8, 4) is 0 Å². The molecule has 0 bridgehead atoms. The van der Waals surface area contributed by atoms with E-state index in [1.807, 2.05) is 12.1 Å². The predicted molar refractivity (Wildman–Crippen MR) is 73.0 cm³/mol. The van der Waals surface area contributed by atoms with Crippen LogP contribution in [0.3, 0.4) is 0 Å². The van der Waals surface area contributed by atoms with E-state index in [0.717, 1.165) is 38.0 Å². The van der Waals surface area contributed by atoms with Gasteiger partial charge in [0.15, 0.2) is 0 Å². The van der Waals surface area contributed by atoms with Crippen molar-refractivity contribution >= 4 is 0 Å². The molecule has 1 N–H and O–H groups in total. The minimum atomic E-state index is -0.0725. The van der Waals surface area contributed by atoms with E-state index in [0.29, 0.717) is 5.92 Å². The zero-order valence-corrected chi connectivity index (χ0v) is 11.3.